The Morgan fingerprint density at radius 1 is 1.25 bits per heavy atom. The minimum atomic E-state index is 0.170. The summed E-state index contributed by atoms with van der Waals surface area (Å²) in [5, 5.41) is 0. The Morgan fingerprint density at radius 3 is 2.31 bits per heavy atom. The van der Waals surface area contributed by atoms with Crippen LogP contribution in [0, 0.1) is 11.8 Å². The first-order chi connectivity index (χ1) is 7.49. The number of ketones is 1. The van der Waals surface area contributed by atoms with Gasteiger partial charge in [0.25, 0.3) is 0 Å². The van der Waals surface area contributed by atoms with Gasteiger partial charge in [-0.25, -0.2) is 0 Å². The van der Waals surface area contributed by atoms with E-state index in [2.05, 4.69) is 19.1 Å². The lowest BCUT2D eigenvalue weighted by Gasteiger charge is -2.15. The van der Waals surface area contributed by atoms with Crippen molar-refractivity contribution < 1.29 is 4.79 Å². The van der Waals surface area contributed by atoms with Crippen LogP contribution in [0.4, 0.5) is 5.69 Å². The summed E-state index contributed by atoms with van der Waals surface area (Å²) in [6.07, 6.45) is 1.97. The average molecular weight is 219 g/mol. The highest BCUT2D eigenvalue weighted by Crippen LogP contribution is 2.18. The van der Waals surface area contributed by atoms with E-state index in [0.29, 0.717) is 5.92 Å². The predicted molar refractivity (Wildman–Crippen MR) is 68.2 cm³/mol. The summed E-state index contributed by atoms with van der Waals surface area (Å²) in [6.45, 7) is 5.86. The van der Waals surface area contributed by atoms with E-state index < -0.39 is 0 Å². The van der Waals surface area contributed by atoms with E-state index in [1.165, 1.54) is 5.56 Å². The van der Waals surface area contributed by atoms with Crippen LogP contribution in [0.1, 0.15) is 32.8 Å². The van der Waals surface area contributed by atoms with Crippen LogP contribution in [0.15, 0.2) is 24.3 Å². The van der Waals surface area contributed by atoms with Gasteiger partial charge in [-0.1, -0.05) is 26.0 Å². The van der Waals surface area contributed by atoms with Crippen LogP contribution in [-0.4, -0.2) is 5.78 Å². The first kappa shape index (κ1) is 12.8. The van der Waals surface area contributed by atoms with Gasteiger partial charge in [0.2, 0.25) is 0 Å². The molecule has 0 fully saturated rings. The summed E-state index contributed by atoms with van der Waals surface area (Å²) in [6, 6.07) is 7.97. The highest BCUT2D eigenvalue weighted by atomic mass is 16.1. The van der Waals surface area contributed by atoms with Crippen molar-refractivity contribution in [3.05, 3.63) is 29.8 Å². The molecule has 16 heavy (non-hydrogen) atoms. The van der Waals surface area contributed by atoms with E-state index >= 15 is 0 Å². The molecule has 0 aromatic heterocycles. The van der Waals surface area contributed by atoms with Gasteiger partial charge in [-0.15, -0.1) is 0 Å². The Kier molecular flexibility index (Phi) is 4.53. The molecule has 0 bridgehead atoms. The lowest BCUT2D eigenvalue weighted by Crippen LogP contribution is -2.12. The maximum atomic E-state index is 11.2. The third-order valence-electron chi connectivity index (χ3n) is 3.01. The molecule has 0 aliphatic rings. The highest BCUT2D eigenvalue weighted by Gasteiger charge is 2.12. The van der Waals surface area contributed by atoms with E-state index in [9.17, 15) is 4.79 Å². The van der Waals surface area contributed by atoms with Gasteiger partial charge in [0.15, 0.2) is 0 Å². The number of rotatable bonds is 5. The van der Waals surface area contributed by atoms with Gasteiger partial charge in [-0.3, -0.25) is 4.79 Å². The second kappa shape index (κ2) is 5.69. The lowest BCUT2D eigenvalue weighted by molar-refractivity contribution is -0.120. The molecular weight excluding hydrogens is 198 g/mol. The fraction of sp³-hybridized carbons (Fsp3) is 0.500. The molecule has 0 radical (unpaired) electrons. The number of carbonyl (C=O) groups excluding carboxylic acids is 1. The average Bonchev–Trinajstić information content (AvgIpc) is 2.21. The van der Waals surface area contributed by atoms with Gasteiger partial charge < -0.3 is 5.73 Å². The SMILES string of the molecule is CC(=O)C(C)C[C@@H](C)Cc1ccc(N)cc1. The Bertz CT molecular complexity index is 342. The van der Waals surface area contributed by atoms with Gasteiger partial charge >= 0.3 is 0 Å². The predicted octanol–water partition coefficient (Wildman–Crippen LogP) is 3.06. The molecule has 1 unspecified atom stereocenters. The van der Waals surface area contributed by atoms with Gasteiger partial charge in [-0.05, 0) is 43.4 Å². The van der Waals surface area contributed by atoms with Crippen molar-refractivity contribution in [3.63, 3.8) is 0 Å². The van der Waals surface area contributed by atoms with Crippen molar-refractivity contribution >= 4 is 11.5 Å². The van der Waals surface area contributed by atoms with Gasteiger partial charge in [0, 0.05) is 11.6 Å². The summed E-state index contributed by atoms with van der Waals surface area (Å²) in [7, 11) is 0. The number of hydrogen-bond acceptors (Lipinski definition) is 2. The number of Topliss-reactive ketones (excluding diaryl/α,β-unsaturated/α-hetero) is 1. The van der Waals surface area contributed by atoms with Crippen molar-refractivity contribution in [2.75, 3.05) is 5.73 Å². The first-order valence-electron chi connectivity index (χ1n) is 5.84. The molecule has 0 amide bonds. The first-order valence-corrected chi connectivity index (χ1v) is 5.84. The molecule has 1 aromatic carbocycles. The summed E-state index contributed by atoms with van der Waals surface area (Å²) in [4.78, 5) is 11.2. The van der Waals surface area contributed by atoms with Crippen LogP contribution >= 0.6 is 0 Å². The summed E-state index contributed by atoms with van der Waals surface area (Å²) < 4.78 is 0. The molecule has 0 saturated heterocycles. The quantitative estimate of drug-likeness (QED) is 0.773. The zero-order valence-corrected chi connectivity index (χ0v) is 10.4. The van der Waals surface area contributed by atoms with Gasteiger partial charge in [-0.2, -0.15) is 0 Å². The molecule has 0 aliphatic heterocycles. The molecule has 0 spiro atoms. The molecule has 1 rings (SSSR count). The molecule has 0 aliphatic carbocycles. The molecule has 0 heterocycles. The maximum Gasteiger partial charge on any atom is 0.132 e. The van der Waals surface area contributed by atoms with Crippen molar-refractivity contribution in [3.8, 4) is 0 Å². The molecule has 88 valence electrons. The summed E-state index contributed by atoms with van der Waals surface area (Å²) >= 11 is 0. The molecule has 1 aromatic rings. The van der Waals surface area contributed by atoms with Gasteiger partial charge in [0.05, 0.1) is 0 Å². The van der Waals surface area contributed by atoms with Crippen LogP contribution in [-0.2, 0) is 11.2 Å². The summed E-state index contributed by atoms with van der Waals surface area (Å²) in [5.41, 5.74) is 7.72. The minimum Gasteiger partial charge on any atom is -0.399 e. The normalized spacial score (nSPS) is 14.4. The topological polar surface area (TPSA) is 43.1 Å². The number of carbonyl (C=O) groups is 1. The second-order valence-corrected chi connectivity index (χ2v) is 4.80. The Balaban J connectivity index is 2.48. The zero-order chi connectivity index (χ0) is 12.1. The molecule has 0 saturated carbocycles. The summed E-state index contributed by atoms with van der Waals surface area (Å²) in [5.74, 6) is 0.982. The molecule has 2 heteroatoms. The Hall–Kier alpha value is -1.31. The number of anilines is 1. The van der Waals surface area contributed by atoms with Gasteiger partial charge in [0.1, 0.15) is 5.78 Å². The fourth-order valence-electron chi connectivity index (χ4n) is 1.91. The standard InChI is InChI=1S/C14H21NO/c1-10(8-11(2)12(3)16)9-13-4-6-14(15)7-5-13/h4-7,10-11H,8-9,15H2,1-3H3/t10-,11?/m1/s1. The van der Waals surface area contributed by atoms with Crippen LogP contribution in [0.5, 0.6) is 0 Å². The fourth-order valence-corrected chi connectivity index (χ4v) is 1.91. The van der Waals surface area contributed by atoms with Crippen molar-refractivity contribution in [1.82, 2.24) is 0 Å². The second-order valence-electron chi connectivity index (χ2n) is 4.80. The smallest absolute Gasteiger partial charge is 0.132 e. The minimum absolute atomic E-state index is 0.170. The van der Waals surface area contributed by atoms with Crippen LogP contribution in [0.25, 0.3) is 0 Å². The molecule has 2 nitrogen and oxygen atoms in total. The van der Waals surface area contributed by atoms with Crippen molar-refractivity contribution in [1.29, 1.82) is 0 Å². The third kappa shape index (κ3) is 4.05. The molecular formula is C14H21NO. The van der Waals surface area contributed by atoms with Crippen molar-refractivity contribution in [2.24, 2.45) is 11.8 Å². The lowest BCUT2D eigenvalue weighted by atomic mass is 9.90. The monoisotopic (exact) mass is 219 g/mol. The van der Waals surface area contributed by atoms with Crippen LogP contribution in [0.3, 0.4) is 0 Å². The number of nitrogen functional groups attached to an aromatic ring is 1. The third-order valence-corrected chi connectivity index (χ3v) is 3.01. The Morgan fingerprint density at radius 2 is 1.81 bits per heavy atom. The number of nitrogens with two attached hydrogens (primary N) is 1. The number of hydrogen-bond donors (Lipinski definition) is 1. The van der Waals surface area contributed by atoms with Crippen LogP contribution in [0.2, 0.25) is 0 Å². The van der Waals surface area contributed by atoms with E-state index in [1.807, 2.05) is 19.1 Å². The van der Waals surface area contributed by atoms with E-state index in [4.69, 9.17) is 5.73 Å². The van der Waals surface area contributed by atoms with E-state index in [-0.39, 0.29) is 11.7 Å². The molecule has 2 atom stereocenters. The maximum absolute atomic E-state index is 11.2. The van der Waals surface area contributed by atoms with E-state index in [0.717, 1.165) is 18.5 Å². The largest absolute Gasteiger partial charge is 0.399 e. The highest BCUT2D eigenvalue weighted by molar-refractivity contribution is 5.77. The Labute approximate surface area is 97.9 Å². The molecule has 2 N–H and O–H groups in total. The number of benzene rings is 1. The van der Waals surface area contributed by atoms with E-state index in [1.54, 1.807) is 6.92 Å². The van der Waals surface area contributed by atoms with Crippen LogP contribution < -0.4 is 5.73 Å². The zero-order valence-electron chi connectivity index (χ0n) is 10.4. The van der Waals surface area contributed by atoms with Crippen molar-refractivity contribution in [2.45, 2.75) is 33.6 Å².